The molecule has 0 unspecified atom stereocenters. The van der Waals surface area contributed by atoms with E-state index in [1.807, 2.05) is 17.0 Å². The van der Waals surface area contributed by atoms with E-state index in [9.17, 15) is 14.0 Å². The fourth-order valence-corrected chi connectivity index (χ4v) is 6.43. The van der Waals surface area contributed by atoms with Crippen LogP contribution in [-0.2, 0) is 22.6 Å². The third kappa shape index (κ3) is 8.40. The van der Waals surface area contributed by atoms with Crippen molar-refractivity contribution >= 4 is 35.0 Å². The molecule has 3 atom stereocenters. The molecule has 2 fully saturated rings. The van der Waals surface area contributed by atoms with Gasteiger partial charge in [0.25, 0.3) is 0 Å². The second-order valence-electron chi connectivity index (χ2n) is 10.8. The first-order chi connectivity index (χ1) is 19.4. The van der Waals surface area contributed by atoms with Gasteiger partial charge in [0.2, 0.25) is 11.8 Å². The molecular weight excluding hydrogens is 552 g/mol. The van der Waals surface area contributed by atoms with Crippen molar-refractivity contribution in [2.45, 2.75) is 57.2 Å². The maximum absolute atomic E-state index is 14.0. The number of rotatable bonds is 11. The van der Waals surface area contributed by atoms with E-state index in [1.54, 1.807) is 24.3 Å². The first kappa shape index (κ1) is 30.7. The lowest BCUT2D eigenvalue weighted by molar-refractivity contribution is -0.138. The normalized spacial score (nSPS) is 20.8. The average Bonchev–Trinajstić information content (AvgIpc) is 2.95. The van der Waals surface area contributed by atoms with Crippen molar-refractivity contribution in [3.05, 3.63) is 69.5 Å². The van der Waals surface area contributed by atoms with Gasteiger partial charge in [0, 0.05) is 73.8 Å². The predicted octanol–water partition coefficient (Wildman–Crippen LogP) is 4.00. The molecule has 40 heavy (non-hydrogen) atoms. The second-order valence-corrected chi connectivity index (χ2v) is 11.6. The molecule has 1 heterocycles. The van der Waals surface area contributed by atoms with Gasteiger partial charge >= 0.3 is 0 Å². The van der Waals surface area contributed by atoms with Crippen LogP contribution >= 0.6 is 23.2 Å². The fourth-order valence-electron chi connectivity index (χ4n) is 5.94. The molecule has 218 valence electrons. The van der Waals surface area contributed by atoms with Gasteiger partial charge < -0.3 is 21.3 Å². The van der Waals surface area contributed by atoms with Crippen LogP contribution in [0.3, 0.4) is 0 Å². The van der Waals surface area contributed by atoms with E-state index < -0.39 is 6.04 Å². The highest BCUT2D eigenvalue weighted by Gasteiger charge is 2.34. The summed E-state index contributed by atoms with van der Waals surface area (Å²) >= 11 is 12.4. The Hall–Kier alpha value is -2.23. The lowest BCUT2D eigenvalue weighted by Gasteiger charge is -2.45. The van der Waals surface area contributed by atoms with Gasteiger partial charge in [0.1, 0.15) is 11.9 Å². The number of amides is 2. The number of halogens is 3. The SMILES string of the molecule is NCCC(=O)N[C@H](Cc1ccc(Cl)cc1Cl)C(=O)N1CCN([C@@H]2CCCC[C@@H]2CNCc2ccccc2F)CC1. The second kappa shape index (κ2) is 15.1. The summed E-state index contributed by atoms with van der Waals surface area (Å²) in [6.45, 7) is 4.34. The molecule has 0 bridgehead atoms. The molecule has 4 N–H and O–H groups in total. The van der Waals surface area contributed by atoms with Crippen LogP contribution in [0.2, 0.25) is 10.0 Å². The molecule has 2 aromatic rings. The van der Waals surface area contributed by atoms with Gasteiger partial charge in [-0.2, -0.15) is 0 Å². The van der Waals surface area contributed by atoms with Crippen LogP contribution in [0.4, 0.5) is 4.39 Å². The number of carbonyl (C=O) groups is 2. The number of nitrogens with zero attached hydrogens (tertiary/aromatic N) is 2. The minimum absolute atomic E-state index is 0.109. The van der Waals surface area contributed by atoms with E-state index in [2.05, 4.69) is 15.5 Å². The van der Waals surface area contributed by atoms with Crippen molar-refractivity contribution in [3.63, 3.8) is 0 Å². The van der Waals surface area contributed by atoms with E-state index in [0.717, 1.165) is 38.0 Å². The fraction of sp³-hybridized carbons (Fsp3) is 0.533. The highest BCUT2D eigenvalue weighted by Crippen LogP contribution is 2.29. The van der Waals surface area contributed by atoms with Crippen molar-refractivity contribution in [1.29, 1.82) is 0 Å². The largest absolute Gasteiger partial charge is 0.344 e. The van der Waals surface area contributed by atoms with Crippen LogP contribution in [0.5, 0.6) is 0 Å². The summed E-state index contributed by atoms with van der Waals surface area (Å²) in [6, 6.07) is 11.8. The Kier molecular flexibility index (Phi) is 11.6. The maximum atomic E-state index is 14.0. The number of nitrogens with one attached hydrogen (secondary N) is 2. The zero-order valence-electron chi connectivity index (χ0n) is 22.9. The summed E-state index contributed by atoms with van der Waals surface area (Å²) < 4.78 is 14.0. The smallest absolute Gasteiger partial charge is 0.245 e. The number of hydrogen-bond donors (Lipinski definition) is 3. The Morgan fingerprint density at radius 3 is 2.50 bits per heavy atom. The number of benzene rings is 2. The molecule has 1 saturated carbocycles. The number of carbonyl (C=O) groups excluding carboxylic acids is 2. The number of piperazine rings is 1. The summed E-state index contributed by atoms with van der Waals surface area (Å²) in [4.78, 5) is 30.4. The minimum Gasteiger partial charge on any atom is -0.344 e. The van der Waals surface area contributed by atoms with E-state index in [1.165, 1.54) is 18.9 Å². The summed E-state index contributed by atoms with van der Waals surface area (Å²) in [5.74, 6) is -0.0507. The van der Waals surface area contributed by atoms with Crippen LogP contribution < -0.4 is 16.4 Å². The molecule has 0 aromatic heterocycles. The number of nitrogens with two attached hydrogens (primary N) is 1. The lowest BCUT2D eigenvalue weighted by atomic mass is 9.83. The van der Waals surface area contributed by atoms with Gasteiger partial charge in [-0.3, -0.25) is 14.5 Å². The molecule has 1 saturated heterocycles. The molecule has 4 rings (SSSR count). The zero-order chi connectivity index (χ0) is 28.5. The van der Waals surface area contributed by atoms with E-state index >= 15 is 0 Å². The highest BCUT2D eigenvalue weighted by atomic mass is 35.5. The van der Waals surface area contributed by atoms with Crippen LogP contribution in [-0.4, -0.2) is 73.0 Å². The van der Waals surface area contributed by atoms with Gasteiger partial charge in [0.05, 0.1) is 0 Å². The molecule has 1 aliphatic heterocycles. The molecule has 2 aromatic carbocycles. The maximum Gasteiger partial charge on any atom is 0.245 e. The van der Waals surface area contributed by atoms with Crippen LogP contribution in [0.1, 0.15) is 43.2 Å². The number of hydrogen-bond acceptors (Lipinski definition) is 5. The lowest BCUT2D eigenvalue weighted by Crippen LogP contribution is -2.58. The minimum atomic E-state index is -0.728. The topological polar surface area (TPSA) is 90.7 Å². The third-order valence-corrected chi connectivity index (χ3v) is 8.67. The molecule has 10 heteroatoms. The van der Waals surface area contributed by atoms with Gasteiger partial charge in [-0.1, -0.05) is 60.3 Å². The Bertz CT molecular complexity index is 1140. The third-order valence-electron chi connectivity index (χ3n) is 8.09. The molecule has 0 radical (unpaired) electrons. The Balaban J connectivity index is 1.34. The molecule has 7 nitrogen and oxygen atoms in total. The molecule has 2 aliphatic rings. The van der Waals surface area contributed by atoms with Gasteiger partial charge in [-0.15, -0.1) is 0 Å². The van der Waals surface area contributed by atoms with E-state index in [-0.39, 0.29) is 37.0 Å². The Morgan fingerprint density at radius 1 is 1.02 bits per heavy atom. The summed E-state index contributed by atoms with van der Waals surface area (Å²) in [6.07, 6.45) is 5.12. The zero-order valence-corrected chi connectivity index (χ0v) is 24.4. The monoisotopic (exact) mass is 591 g/mol. The van der Waals surface area contributed by atoms with E-state index in [4.69, 9.17) is 28.9 Å². The molecule has 1 aliphatic carbocycles. The van der Waals surface area contributed by atoms with Crippen molar-refractivity contribution in [1.82, 2.24) is 20.4 Å². The molecule has 0 spiro atoms. The summed E-state index contributed by atoms with van der Waals surface area (Å²) in [5.41, 5.74) is 7.01. The van der Waals surface area contributed by atoms with Gasteiger partial charge in [-0.25, -0.2) is 4.39 Å². The van der Waals surface area contributed by atoms with Gasteiger partial charge in [-0.05, 0) is 49.1 Å². The first-order valence-corrected chi connectivity index (χ1v) is 15.0. The van der Waals surface area contributed by atoms with Crippen molar-refractivity contribution < 1.29 is 14.0 Å². The standard InChI is InChI=1S/C30H40Cl2FN5O2/c31-24-10-9-21(25(32)18-24)17-27(36-29(39)11-12-34)30(40)38-15-13-37(14-16-38)28-8-4-2-6-23(28)20-35-19-22-5-1-3-7-26(22)33/h1,3,5,7,9-10,18,23,27-28,35H,2,4,6,8,11-17,19-20,34H2,(H,36,39)/t23-,27-,28-/m1/s1. The predicted molar refractivity (Wildman–Crippen MR) is 158 cm³/mol. The molecular formula is C30H40Cl2FN5O2. The quantitative estimate of drug-likeness (QED) is 0.367. The highest BCUT2D eigenvalue weighted by molar-refractivity contribution is 6.35. The Labute approximate surface area is 246 Å². The first-order valence-electron chi connectivity index (χ1n) is 14.3. The van der Waals surface area contributed by atoms with Crippen molar-refractivity contribution in [2.75, 3.05) is 39.3 Å². The van der Waals surface area contributed by atoms with E-state index in [0.29, 0.717) is 47.2 Å². The van der Waals surface area contributed by atoms with Crippen LogP contribution in [0.25, 0.3) is 0 Å². The summed E-state index contributed by atoms with van der Waals surface area (Å²) in [7, 11) is 0. The van der Waals surface area contributed by atoms with Crippen LogP contribution in [0, 0.1) is 11.7 Å². The van der Waals surface area contributed by atoms with Gasteiger partial charge in [0.15, 0.2) is 0 Å². The average molecular weight is 593 g/mol. The molecule has 2 amide bonds. The summed E-state index contributed by atoms with van der Waals surface area (Å²) in [5, 5.41) is 7.35. The Morgan fingerprint density at radius 2 is 1.77 bits per heavy atom. The van der Waals surface area contributed by atoms with Crippen molar-refractivity contribution in [2.24, 2.45) is 11.7 Å². The van der Waals surface area contributed by atoms with Crippen LogP contribution in [0.15, 0.2) is 42.5 Å². The van der Waals surface area contributed by atoms with Crippen molar-refractivity contribution in [3.8, 4) is 0 Å².